The van der Waals surface area contributed by atoms with Crippen LogP contribution in [0.1, 0.15) is 40.0 Å². The van der Waals surface area contributed by atoms with E-state index in [0.29, 0.717) is 12.0 Å². The number of amides is 1. The molecule has 16 heavy (non-hydrogen) atoms. The number of carbonyl (C=O) groups is 1. The van der Waals surface area contributed by atoms with Gasteiger partial charge in [-0.2, -0.15) is 11.8 Å². The van der Waals surface area contributed by atoms with Gasteiger partial charge in [-0.1, -0.05) is 6.92 Å². The Kier molecular flexibility index (Phi) is 5.12. The third-order valence-electron chi connectivity index (χ3n) is 2.94. The minimum Gasteiger partial charge on any atom is -0.368 e. The molecular formula is C12H24N2OS. The van der Waals surface area contributed by atoms with Crippen molar-refractivity contribution < 1.29 is 4.79 Å². The van der Waals surface area contributed by atoms with Crippen molar-refractivity contribution in [2.24, 2.45) is 11.7 Å². The van der Waals surface area contributed by atoms with Gasteiger partial charge < -0.3 is 11.1 Å². The highest BCUT2D eigenvalue weighted by atomic mass is 32.2. The molecule has 1 saturated carbocycles. The topological polar surface area (TPSA) is 55.1 Å². The number of primary amides is 1. The molecule has 1 aliphatic rings. The standard InChI is InChI=1S/C12H24N2OS/c1-4-7-16-8-12(11(13)15,10-5-6-10)14-9(2)3/h9-10,14H,4-8H2,1-3H3,(H2,13,15). The summed E-state index contributed by atoms with van der Waals surface area (Å²) in [5.74, 6) is 2.20. The normalized spacial score (nSPS) is 19.8. The molecule has 0 radical (unpaired) electrons. The van der Waals surface area contributed by atoms with Crippen LogP contribution in [0, 0.1) is 5.92 Å². The molecule has 0 aliphatic heterocycles. The van der Waals surface area contributed by atoms with Gasteiger partial charge in [0.05, 0.1) is 0 Å². The number of nitrogens with two attached hydrogens (primary N) is 1. The fourth-order valence-electron chi connectivity index (χ4n) is 2.09. The van der Waals surface area contributed by atoms with E-state index in [9.17, 15) is 4.79 Å². The van der Waals surface area contributed by atoms with Gasteiger partial charge in [-0.3, -0.25) is 4.79 Å². The molecule has 0 aromatic carbocycles. The summed E-state index contributed by atoms with van der Waals surface area (Å²) in [5.41, 5.74) is 5.16. The van der Waals surface area contributed by atoms with Crippen molar-refractivity contribution in [2.75, 3.05) is 11.5 Å². The van der Waals surface area contributed by atoms with Crippen molar-refractivity contribution in [1.82, 2.24) is 5.32 Å². The molecule has 94 valence electrons. The molecule has 1 amide bonds. The number of carbonyl (C=O) groups excluding carboxylic acids is 1. The van der Waals surface area contributed by atoms with E-state index in [2.05, 4.69) is 26.1 Å². The predicted octanol–water partition coefficient (Wildman–Crippen LogP) is 1.76. The lowest BCUT2D eigenvalue weighted by Crippen LogP contribution is -2.61. The van der Waals surface area contributed by atoms with Crippen molar-refractivity contribution in [3.05, 3.63) is 0 Å². The van der Waals surface area contributed by atoms with Crippen LogP contribution < -0.4 is 11.1 Å². The van der Waals surface area contributed by atoms with E-state index in [-0.39, 0.29) is 5.91 Å². The lowest BCUT2D eigenvalue weighted by Gasteiger charge is -2.33. The number of rotatable bonds is 8. The minimum absolute atomic E-state index is 0.174. The molecule has 1 fully saturated rings. The largest absolute Gasteiger partial charge is 0.368 e. The van der Waals surface area contributed by atoms with Gasteiger partial charge in [0.25, 0.3) is 0 Å². The molecular weight excluding hydrogens is 220 g/mol. The molecule has 1 unspecified atom stereocenters. The smallest absolute Gasteiger partial charge is 0.238 e. The molecule has 0 bridgehead atoms. The second kappa shape index (κ2) is 5.92. The Morgan fingerprint density at radius 2 is 2.19 bits per heavy atom. The monoisotopic (exact) mass is 244 g/mol. The van der Waals surface area contributed by atoms with Crippen LogP contribution >= 0.6 is 11.8 Å². The van der Waals surface area contributed by atoms with Gasteiger partial charge in [0, 0.05) is 11.8 Å². The second-order valence-corrected chi connectivity index (χ2v) is 6.07. The summed E-state index contributed by atoms with van der Waals surface area (Å²) in [7, 11) is 0. The van der Waals surface area contributed by atoms with Gasteiger partial charge in [0.15, 0.2) is 0 Å². The first-order valence-electron chi connectivity index (χ1n) is 6.18. The minimum atomic E-state index is -0.464. The molecule has 3 nitrogen and oxygen atoms in total. The first-order valence-corrected chi connectivity index (χ1v) is 7.33. The van der Waals surface area contributed by atoms with Crippen LogP contribution in [0.5, 0.6) is 0 Å². The van der Waals surface area contributed by atoms with Gasteiger partial charge >= 0.3 is 0 Å². The summed E-state index contributed by atoms with van der Waals surface area (Å²) in [6.45, 7) is 6.31. The highest BCUT2D eigenvalue weighted by Gasteiger charge is 2.49. The van der Waals surface area contributed by atoms with Crippen LogP contribution in [0.4, 0.5) is 0 Å². The lowest BCUT2D eigenvalue weighted by molar-refractivity contribution is -0.124. The number of hydrogen-bond acceptors (Lipinski definition) is 3. The highest BCUT2D eigenvalue weighted by molar-refractivity contribution is 7.99. The Bertz CT molecular complexity index is 241. The molecule has 0 aromatic heterocycles. The summed E-state index contributed by atoms with van der Waals surface area (Å²) >= 11 is 1.84. The fraction of sp³-hybridized carbons (Fsp3) is 0.917. The summed E-state index contributed by atoms with van der Waals surface area (Å²) in [5, 5.41) is 3.42. The van der Waals surface area contributed by atoms with Gasteiger partial charge in [-0.25, -0.2) is 0 Å². The van der Waals surface area contributed by atoms with E-state index in [1.807, 2.05) is 11.8 Å². The maximum absolute atomic E-state index is 11.8. The molecule has 1 rings (SSSR count). The van der Waals surface area contributed by atoms with Crippen LogP contribution in [0.2, 0.25) is 0 Å². The highest BCUT2D eigenvalue weighted by Crippen LogP contribution is 2.41. The first kappa shape index (κ1) is 13.8. The fourth-order valence-corrected chi connectivity index (χ4v) is 3.31. The van der Waals surface area contributed by atoms with E-state index in [4.69, 9.17) is 5.73 Å². The van der Waals surface area contributed by atoms with E-state index in [1.165, 1.54) is 0 Å². The number of hydrogen-bond donors (Lipinski definition) is 2. The van der Waals surface area contributed by atoms with Crippen LogP contribution in [0.3, 0.4) is 0 Å². The Morgan fingerprint density at radius 1 is 1.56 bits per heavy atom. The van der Waals surface area contributed by atoms with Crippen LogP contribution in [-0.2, 0) is 4.79 Å². The zero-order valence-corrected chi connectivity index (χ0v) is 11.4. The zero-order valence-electron chi connectivity index (χ0n) is 10.6. The Morgan fingerprint density at radius 3 is 2.56 bits per heavy atom. The Labute approximate surface area is 103 Å². The van der Waals surface area contributed by atoms with Crippen molar-refractivity contribution in [3.8, 4) is 0 Å². The lowest BCUT2D eigenvalue weighted by atomic mass is 9.93. The molecule has 1 atom stereocenters. The van der Waals surface area contributed by atoms with Crippen molar-refractivity contribution >= 4 is 17.7 Å². The summed E-state index contributed by atoms with van der Waals surface area (Å²) < 4.78 is 0. The number of nitrogens with one attached hydrogen (secondary N) is 1. The van der Waals surface area contributed by atoms with Crippen molar-refractivity contribution in [3.63, 3.8) is 0 Å². The van der Waals surface area contributed by atoms with Crippen LogP contribution in [0.15, 0.2) is 0 Å². The molecule has 0 saturated heterocycles. The second-order valence-electron chi connectivity index (χ2n) is 4.96. The van der Waals surface area contributed by atoms with Gasteiger partial charge in [-0.15, -0.1) is 0 Å². The summed E-state index contributed by atoms with van der Waals surface area (Å²) in [6.07, 6.45) is 3.41. The van der Waals surface area contributed by atoms with Gasteiger partial charge in [0.2, 0.25) is 5.91 Å². The van der Waals surface area contributed by atoms with Gasteiger partial charge in [0.1, 0.15) is 5.54 Å². The Hall–Kier alpha value is -0.220. The summed E-state index contributed by atoms with van der Waals surface area (Å²) in [4.78, 5) is 11.8. The van der Waals surface area contributed by atoms with E-state index in [1.54, 1.807) is 0 Å². The summed E-state index contributed by atoms with van der Waals surface area (Å²) in [6, 6.07) is 0.301. The molecule has 1 aliphatic carbocycles. The average molecular weight is 244 g/mol. The molecule has 0 heterocycles. The molecule has 0 spiro atoms. The zero-order chi connectivity index (χ0) is 12.2. The number of thioether (sulfide) groups is 1. The molecule has 0 aromatic rings. The van der Waals surface area contributed by atoms with E-state index < -0.39 is 5.54 Å². The van der Waals surface area contributed by atoms with Crippen LogP contribution in [0.25, 0.3) is 0 Å². The van der Waals surface area contributed by atoms with Crippen molar-refractivity contribution in [2.45, 2.75) is 51.6 Å². The molecule has 4 heteroatoms. The maximum Gasteiger partial charge on any atom is 0.238 e. The molecule has 3 N–H and O–H groups in total. The van der Waals surface area contributed by atoms with Crippen LogP contribution in [-0.4, -0.2) is 29.0 Å². The van der Waals surface area contributed by atoms with E-state index >= 15 is 0 Å². The Balaban J connectivity index is 2.67. The first-order chi connectivity index (χ1) is 7.53. The maximum atomic E-state index is 11.8. The quantitative estimate of drug-likeness (QED) is 0.640. The SMILES string of the molecule is CCCSCC(NC(C)C)(C(N)=O)C1CC1. The third kappa shape index (κ3) is 3.39. The van der Waals surface area contributed by atoms with Gasteiger partial charge in [-0.05, 0) is 44.8 Å². The van der Waals surface area contributed by atoms with E-state index in [0.717, 1.165) is 30.8 Å². The average Bonchev–Trinajstić information content (AvgIpc) is 2.98. The predicted molar refractivity (Wildman–Crippen MR) is 70.5 cm³/mol. The third-order valence-corrected chi connectivity index (χ3v) is 4.29. The van der Waals surface area contributed by atoms with Crippen molar-refractivity contribution in [1.29, 1.82) is 0 Å².